The Balaban J connectivity index is 1.97. The Morgan fingerprint density at radius 1 is 1.12 bits per heavy atom. The van der Waals surface area contributed by atoms with Gasteiger partial charge in [0.2, 0.25) is 5.91 Å². The highest BCUT2D eigenvalue weighted by Gasteiger charge is 2.35. The minimum atomic E-state index is -0.739. The second-order valence-corrected chi connectivity index (χ2v) is 5.42. The summed E-state index contributed by atoms with van der Waals surface area (Å²) in [4.78, 5) is 25.2. The molecule has 0 bridgehead atoms. The van der Waals surface area contributed by atoms with Crippen LogP contribution in [0.5, 0.6) is 0 Å². The summed E-state index contributed by atoms with van der Waals surface area (Å²) in [7, 11) is 0. The fraction of sp³-hybridized carbons (Fsp3) is 0.846. The zero-order valence-electron chi connectivity index (χ0n) is 10.4. The molecule has 0 radical (unpaired) electrons. The van der Waals surface area contributed by atoms with Gasteiger partial charge in [-0.1, -0.05) is 6.42 Å². The van der Waals surface area contributed by atoms with E-state index in [0.29, 0.717) is 12.5 Å². The fourth-order valence-electron chi connectivity index (χ4n) is 3.13. The molecule has 0 aromatic carbocycles. The molecule has 1 saturated carbocycles. The standard InChI is InChI=1S/C13H21NO3/c1-9-4-3-7-14(9)12(15)10-5-2-6-11(8-10)13(16)17/h9-11H,2-8H2,1H3,(H,16,17). The van der Waals surface area contributed by atoms with Crippen LogP contribution >= 0.6 is 0 Å². The third-order valence-corrected chi connectivity index (χ3v) is 4.21. The predicted octanol–water partition coefficient (Wildman–Crippen LogP) is 1.89. The average molecular weight is 239 g/mol. The molecule has 1 saturated heterocycles. The van der Waals surface area contributed by atoms with Crippen molar-refractivity contribution in [3.8, 4) is 0 Å². The van der Waals surface area contributed by atoms with E-state index in [9.17, 15) is 9.59 Å². The largest absolute Gasteiger partial charge is 0.481 e. The quantitative estimate of drug-likeness (QED) is 0.800. The van der Waals surface area contributed by atoms with Crippen molar-refractivity contribution in [2.45, 2.75) is 51.5 Å². The van der Waals surface area contributed by atoms with Crippen LogP contribution < -0.4 is 0 Å². The van der Waals surface area contributed by atoms with Crippen LogP contribution in [0.4, 0.5) is 0 Å². The number of likely N-dealkylation sites (tertiary alicyclic amines) is 1. The van der Waals surface area contributed by atoms with E-state index in [0.717, 1.165) is 38.6 Å². The molecule has 4 heteroatoms. The number of nitrogens with zero attached hydrogens (tertiary/aromatic N) is 1. The van der Waals surface area contributed by atoms with Gasteiger partial charge < -0.3 is 10.0 Å². The molecular formula is C13H21NO3. The van der Waals surface area contributed by atoms with Gasteiger partial charge in [-0.25, -0.2) is 0 Å². The molecule has 1 N–H and O–H groups in total. The SMILES string of the molecule is CC1CCCN1C(=O)C1CCCC(C(=O)O)C1. The van der Waals surface area contributed by atoms with E-state index in [2.05, 4.69) is 6.92 Å². The molecular weight excluding hydrogens is 218 g/mol. The molecule has 1 heterocycles. The second kappa shape index (κ2) is 5.07. The van der Waals surface area contributed by atoms with Crippen LogP contribution in [0.1, 0.15) is 45.4 Å². The number of carboxylic acid groups (broad SMARTS) is 1. The van der Waals surface area contributed by atoms with E-state index in [1.165, 1.54) is 0 Å². The van der Waals surface area contributed by atoms with E-state index in [1.807, 2.05) is 4.90 Å². The van der Waals surface area contributed by atoms with Crippen molar-refractivity contribution in [1.82, 2.24) is 4.90 Å². The summed E-state index contributed by atoms with van der Waals surface area (Å²) in [6.07, 6.45) is 5.18. The molecule has 0 spiro atoms. The maximum atomic E-state index is 12.3. The van der Waals surface area contributed by atoms with Gasteiger partial charge in [0.15, 0.2) is 0 Å². The molecule has 2 rings (SSSR count). The van der Waals surface area contributed by atoms with Crippen molar-refractivity contribution < 1.29 is 14.7 Å². The maximum Gasteiger partial charge on any atom is 0.306 e. The molecule has 2 aliphatic rings. The van der Waals surface area contributed by atoms with Crippen molar-refractivity contribution in [2.24, 2.45) is 11.8 Å². The van der Waals surface area contributed by atoms with Crippen molar-refractivity contribution in [2.75, 3.05) is 6.54 Å². The first-order chi connectivity index (χ1) is 8.09. The lowest BCUT2D eigenvalue weighted by Gasteiger charge is -2.31. The van der Waals surface area contributed by atoms with Gasteiger partial charge in [-0.3, -0.25) is 9.59 Å². The summed E-state index contributed by atoms with van der Waals surface area (Å²) in [6, 6.07) is 0.340. The van der Waals surface area contributed by atoms with Gasteiger partial charge in [-0.15, -0.1) is 0 Å². The van der Waals surface area contributed by atoms with Crippen molar-refractivity contribution in [3.05, 3.63) is 0 Å². The lowest BCUT2D eigenvalue weighted by Crippen LogP contribution is -2.40. The monoisotopic (exact) mass is 239 g/mol. The average Bonchev–Trinajstić information content (AvgIpc) is 2.74. The van der Waals surface area contributed by atoms with E-state index < -0.39 is 5.97 Å². The molecule has 1 aliphatic carbocycles. The van der Waals surface area contributed by atoms with Gasteiger partial charge in [0.25, 0.3) is 0 Å². The van der Waals surface area contributed by atoms with Gasteiger partial charge in [-0.05, 0) is 39.0 Å². The fourth-order valence-corrected chi connectivity index (χ4v) is 3.13. The zero-order valence-corrected chi connectivity index (χ0v) is 10.4. The van der Waals surface area contributed by atoms with Gasteiger partial charge in [0.1, 0.15) is 0 Å². The summed E-state index contributed by atoms with van der Waals surface area (Å²) in [6.45, 7) is 2.94. The van der Waals surface area contributed by atoms with Gasteiger partial charge >= 0.3 is 5.97 Å². The maximum absolute atomic E-state index is 12.3. The van der Waals surface area contributed by atoms with E-state index >= 15 is 0 Å². The van der Waals surface area contributed by atoms with Crippen LogP contribution in [0.25, 0.3) is 0 Å². The van der Waals surface area contributed by atoms with E-state index in [4.69, 9.17) is 5.11 Å². The Morgan fingerprint density at radius 3 is 2.41 bits per heavy atom. The van der Waals surface area contributed by atoms with Crippen molar-refractivity contribution in [3.63, 3.8) is 0 Å². The van der Waals surface area contributed by atoms with Crippen LogP contribution in [0, 0.1) is 11.8 Å². The molecule has 0 aromatic rings. The first kappa shape index (κ1) is 12.4. The minimum absolute atomic E-state index is 0.0506. The second-order valence-electron chi connectivity index (χ2n) is 5.42. The smallest absolute Gasteiger partial charge is 0.306 e. The Hall–Kier alpha value is -1.06. The van der Waals surface area contributed by atoms with Crippen LogP contribution in [0.15, 0.2) is 0 Å². The third-order valence-electron chi connectivity index (χ3n) is 4.21. The van der Waals surface area contributed by atoms with Crippen LogP contribution in [-0.4, -0.2) is 34.5 Å². The lowest BCUT2D eigenvalue weighted by molar-refractivity contribution is -0.145. The van der Waals surface area contributed by atoms with Crippen LogP contribution in [-0.2, 0) is 9.59 Å². The lowest BCUT2D eigenvalue weighted by atomic mass is 9.80. The highest BCUT2D eigenvalue weighted by atomic mass is 16.4. The number of rotatable bonds is 2. The highest BCUT2D eigenvalue weighted by Crippen LogP contribution is 2.32. The first-order valence-corrected chi connectivity index (χ1v) is 6.63. The number of carboxylic acids is 1. The summed E-state index contributed by atoms with van der Waals surface area (Å²) < 4.78 is 0. The first-order valence-electron chi connectivity index (χ1n) is 6.63. The summed E-state index contributed by atoms with van der Waals surface area (Å²) in [5, 5.41) is 9.03. The molecule has 2 fully saturated rings. The molecule has 3 atom stereocenters. The van der Waals surface area contributed by atoms with Crippen molar-refractivity contribution >= 4 is 11.9 Å². The minimum Gasteiger partial charge on any atom is -0.481 e. The molecule has 17 heavy (non-hydrogen) atoms. The summed E-state index contributed by atoms with van der Waals surface area (Å²) in [5.41, 5.74) is 0. The predicted molar refractivity (Wildman–Crippen MR) is 63.5 cm³/mol. The number of hydrogen-bond donors (Lipinski definition) is 1. The molecule has 0 aromatic heterocycles. The highest BCUT2D eigenvalue weighted by molar-refractivity contribution is 5.80. The van der Waals surface area contributed by atoms with Crippen LogP contribution in [0.3, 0.4) is 0 Å². The number of carbonyl (C=O) groups is 2. The summed E-state index contributed by atoms with van der Waals surface area (Å²) in [5.74, 6) is -0.904. The number of hydrogen-bond acceptors (Lipinski definition) is 2. The number of carbonyl (C=O) groups excluding carboxylic acids is 1. The molecule has 1 amide bonds. The third kappa shape index (κ3) is 2.61. The number of aliphatic carboxylic acids is 1. The normalized spacial score (nSPS) is 33.7. The van der Waals surface area contributed by atoms with Crippen molar-refractivity contribution in [1.29, 1.82) is 0 Å². The Labute approximate surface area is 102 Å². The molecule has 96 valence electrons. The van der Waals surface area contributed by atoms with E-state index in [1.54, 1.807) is 0 Å². The van der Waals surface area contributed by atoms with Gasteiger partial charge in [0.05, 0.1) is 5.92 Å². The Kier molecular flexibility index (Phi) is 3.69. The molecule has 1 aliphatic heterocycles. The number of amides is 1. The van der Waals surface area contributed by atoms with Gasteiger partial charge in [0, 0.05) is 18.5 Å². The summed E-state index contributed by atoms with van der Waals surface area (Å²) >= 11 is 0. The Bertz CT molecular complexity index is 316. The van der Waals surface area contributed by atoms with E-state index in [-0.39, 0.29) is 17.7 Å². The Morgan fingerprint density at radius 2 is 1.82 bits per heavy atom. The van der Waals surface area contributed by atoms with Gasteiger partial charge in [-0.2, -0.15) is 0 Å². The molecule has 3 unspecified atom stereocenters. The molecule has 4 nitrogen and oxygen atoms in total. The zero-order chi connectivity index (χ0) is 12.4. The topological polar surface area (TPSA) is 57.6 Å². The van der Waals surface area contributed by atoms with Crippen LogP contribution in [0.2, 0.25) is 0 Å².